The Hall–Kier alpha value is -1.41. The lowest BCUT2D eigenvalue weighted by atomic mass is 10.2. The van der Waals surface area contributed by atoms with Crippen molar-refractivity contribution < 1.29 is 23.7 Å². The molecule has 2 rings (SSSR count). The number of carbonyl (C=O) groups excluding carboxylic acids is 1. The number of hydrogen-bond donors (Lipinski definition) is 1. The fraction of sp³-hybridized carbons (Fsp3) is 0.571. The predicted molar refractivity (Wildman–Crippen MR) is 79.2 cm³/mol. The Morgan fingerprint density at radius 1 is 1.55 bits per heavy atom. The minimum absolute atomic E-state index is 0.0474. The Bertz CT molecular complexity index is 504. The predicted octanol–water partition coefficient (Wildman–Crippen LogP) is 1.25. The molecule has 0 aromatic carbocycles. The summed E-state index contributed by atoms with van der Waals surface area (Å²) in [7, 11) is 3.00. The molecule has 8 heteroatoms. The number of hydrogen-bond acceptors (Lipinski definition) is 6. The van der Waals surface area contributed by atoms with E-state index in [9.17, 15) is 4.79 Å². The van der Waals surface area contributed by atoms with E-state index in [1.54, 1.807) is 0 Å². The minimum Gasteiger partial charge on any atom is -0.471 e. The van der Waals surface area contributed by atoms with Gasteiger partial charge in [0.25, 0.3) is 5.91 Å². The molecule has 0 spiro atoms. The fourth-order valence-electron chi connectivity index (χ4n) is 1.94. The minimum atomic E-state index is -0.502. The Labute approximate surface area is 133 Å². The molecule has 1 N–H and O–H groups in total. The maximum Gasteiger partial charge on any atom is 0.253 e. The van der Waals surface area contributed by atoms with Crippen LogP contribution in [-0.2, 0) is 14.2 Å². The molecule has 7 nitrogen and oxygen atoms in total. The van der Waals surface area contributed by atoms with Gasteiger partial charge in [-0.05, 0) is 6.07 Å². The van der Waals surface area contributed by atoms with E-state index in [1.807, 2.05) is 0 Å². The molecule has 0 radical (unpaired) electrons. The molecule has 1 amide bonds. The van der Waals surface area contributed by atoms with Gasteiger partial charge in [-0.25, -0.2) is 4.98 Å². The Morgan fingerprint density at radius 2 is 2.32 bits per heavy atom. The average Bonchev–Trinajstić information content (AvgIpc) is 3.03. The number of methoxy groups -OCH3 is 2. The van der Waals surface area contributed by atoms with Crippen molar-refractivity contribution in [3.63, 3.8) is 0 Å². The van der Waals surface area contributed by atoms with Crippen molar-refractivity contribution in [1.29, 1.82) is 0 Å². The van der Waals surface area contributed by atoms with Crippen LogP contribution in [0.4, 0.5) is 0 Å². The number of ether oxygens (including phenoxy) is 4. The first kappa shape index (κ1) is 17.0. The Kier molecular flexibility index (Phi) is 6.38. The summed E-state index contributed by atoms with van der Waals surface area (Å²) in [5.41, 5.74) is 0.339. The van der Waals surface area contributed by atoms with Gasteiger partial charge >= 0.3 is 0 Å². The number of nitrogens with one attached hydrogen (secondary N) is 1. The highest BCUT2D eigenvalue weighted by atomic mass is 35.5. The van der Waals surface area contributed by atoms with Crippen molar-refractivity contribution in [2.24, 2.45) is 0 Å². The van der Waals surface area contributed by atoms with Crippen LogP contribution in [-0.4, -0.2) is 57.3 Å². The zero-order valence-electron chi connectivity index (χ0n) is 12.5. The summed E-state index contributed by atoms with van der Waals surface area (Å²) in [6, 6.07) is 1.52. The van der Waals surface area contributed by atoms with Crippen LogP contribution in [0.3, 0.4) is 0 Å². The van der Waals surface area contributed by atoms with Crippen LogP contribution in [0.15, 0.2) is 12.3 Å². The molecule has 0 unspecified atom stereocenters. The maximum absolute atomic E-state index is 12.0. The van der Waals surface area contributed by atoms with E-state index in [0.29, 0.717) is 24.7 Å². The van der Waals surface area contributed by atoms with Gasteiger partial charge in [-0.3, -0.25) is 4.79 Å². The topological polar surface area (TPSA) is 78.9 Å². The Balaban J connectivity index is 1.94. The molecule has 1 saturated heterocycles. The molecule has 2 heterocycles. The summed E-state index contributed by atoms with van der Waals surface area (Å²) in [6.45, 7) is 1.42. The summed E-state index contributed by atoms with van der Waals surface area (Å²) < 4.78 is 20.8. The van der Waals surface area contributed by atoms with Gasteiger partial charge in [0.1, 0.15) is 11.1 Å². The van der Waals surface area contributed by atoms with E-state index in [2.05, 4.69) is 10.3 Å². The van der Waals surface area contributed by atoms with Crippen LogP contribution in [0.5, 0.6) is 5.88 Å². The van der Waals surface area contributed by atoms with Gasteiger partial charge < -0.3 is 24.3 Å². The first-order valence-electron chi connectivity index (χ1n) is 6.87. The summed E-state index contributed by atoms with van der Waals surface area (Å²) in [4.78, 5) is 16.1. The van der Waals surface area contributed by atoms with E-state index < -0.39 is 6.29 Å². The molecule has 0 saturated carbocycles. The number of aromatic nitrogens is 1. The van der Waals surface area contributed by atoms with Crippen molar-refractivity contribution in [3.8, 4) is 5.88 Å². The standard InChI is InChI=1S/C14H19ClN2O5/c1-19-12(20-2)7-16-13(18)9-5-11(15)14(17-6-9)22-10-3-4-21-8-10/h5-6,10,12H,3-4,7-8H2,1-2H3,(H,16,18)/t10-/m1/s1. The van der Waals surface area contributed by atoms with Gasteiger partial charge in [0.2, 0.25) is 5.88 Å². The van der Waals surface area contributed by atoms with E-state index in [1.165, 1.54) is 26.5 Å². The third-order valence-corrected chi connectivity index (χ3v) is 3.46. The van der Waals surface area contributed by atoms with Crippen LogP contribution >= 0.6 is 11.6 Å². The normalized spacial score (nSPS) is 17.7. The second kappa shape index (κ2) is 8.28. The largest absolute Gasteiger partial charge is 0.471 e. The molecule has 1 aliphatic rings. The molecule has 1 aliphatic heterocycles. The van der Waals surface area contributed by atoms with Crippen LogP contribution in [0, 0.1) is 0 Å². The molecule has 1 fully saturated rings. The fourth-order valence-corrected chi connectivity index (χ4v) is 2.15. The number of pyridine rings is 1. The lowest BCUT2D eigenvalue weighted by Gasteiger charge is -2.15. The summed E-state index contributed by atoms with van der Waals surface area (Å²) in [6.07, 6.45) is 1.67. The average molecular weight is 331 g/mol. The molecule has 122 valence electrons. The van der Waals surface area contributed by atoms with Crippen molar-refractivity contribution in [2.45, 2.75) is 18.8 Å². The highest BCUT2D eigenvalue weighted by Crippen LogP contribution is 2.25. The number of halogens is 1. The number of amides is 1. The molecule has 1 aromatic heterocycles. The lowest BCUT2D eigenvalue weighted by molar-refractivity contribution is -0.0974. The summed E-state index contributed by atoms with van der Waals surface area (Å²) in [5, 5.41) is 2.96. The quantitative estimate of drug-likeness (QED) is 0.758. The van der Waals surface area contributed by atoms with Crippen molar-refractivity contribution in [1.82, 2.24) is 10.3 Å². The third kappa shape index (κ3) is 4.54. The van der Waals surface area contributed by atoms with Crippen LogP contribution in [0.1, 0.15) is 16.8 Å². The summed E-state index contributed by atoms with van der Waals surface area (Å²) >= 11 is 6.11. The molecule has 1 atom stereocenters. The van der Waals surface area contributed by atoms with Crippen molar-refractivity contribution in [2.75, 3.05) is 34.0 Å². The molecule has 0 aliphatic carbocycles. The van der Waals surface area contributed by atoms with Crippen LogP contribution in [0.25, 0.3) is 0 Å². The highest BCUT2D eigenvalue weighted by molar-refractivity contribution is 6.32. The van der Waals surface area contributed by atoms with Gasteiger partial charge in [0.15, 0.2) is 6.29 Å². The smallest absolute Gasteiger partial charge is 0.253 e. The van der Waals surface area contributed by atoms with E-state index in [-0.39, 0.29) is 23.6 Å². The molecular formula is C14H19ClN2O5. The van der Waals surface area contributed by atoms with E-state index in [0.717, 1.165) is 6.42 Å². The molecule has 22 heavy (non-hydrogen) atoms. The van der Waals surface area contributed by atoms with E-state index in [4.69, 9.17) is 30.5 Å². The van der Waals surface area contributed by atoms with Gasteiger partial charge in [-0.15, -0.1) is 0 Å². The second-order valence-electron chi connectivity index (χ2n) is 4.73. The maximum atomic E-state index is 12.0. The molecule has 1 aromatic rings. The number of nitrogens with zero attached hydrogens (tertiary/aromatic N) is 1. The van der Waals surface area contributed by atoms with E-state index >= 15 is 0 Å². The summed E-state index contributed by atoms with van der Waals surface area (Å²) in [5.74, 6) is -0.00961. The van der Waals surface area contributed by atoms with Crippen molar-refractivity contribution >= 4 is 17.5 Å². The SMILES string of the molecule is COC(CNC(=O)c1cnc(O[C@@H]2CCOC2)c(Cl)c1)OC. The number of carbonyl (C=O) groups is 1. The van der Waals surface area contributed by atoms with Gasteiger partial charge in [0, 0.05) is 26.8 Å². The molecular weight excluding hydrogens is 312 g/mol. The van der Waals surface area contributed by atoms with Crippen molar-refractivity contribution in [3.05, 3.63) is 22.8 Å². The Morgan fingerprint density at radius 3 is 2.91 bits per heavy atom. The molecule has 0 bridgehead atoms. The zero-order chi connectivity index (χ0) is 15.9. The second-order valence-corrected chi connectivity index (χ2v) is 5.13. The lowest BCUT2D eigenvalue weighted by Crippen LogP contribution is -2.34. The first-order valence-corrected chi connectivity index (χ1v) is 7.25. The highest BCUT2D eigenvalue weighted by Gasteiger charge is 2.20. The zero-order valence-corrected chi connectivity index (χ0v) is 13.3. The van der Waals surface area contributed by atoms with Crippen LogP contribution in [0.2, 0.25) is 5.02 Å². The van der Waals surface area contributed by atoms with Gasteiger partial charge in [0.05, 0.1) is 25.3 Å². The van der Waals surface area contributed by atoms with Gasteiger partial charge in [-0.2, -0.15) is 0 Å². The first-order chi connectivity index (χ1) is 10.6. The van der Waals surface area contributed by atoms with Gasteiger partial charge in [-0.1, -0.05) is 11.6 Å². The van der Waals surface area contributed by atoms with Crippen LogP contribution < -0.4 is 10.1 Å². The number of rotatable bonds is 7. The third-order valence-electron chi connectivity index (χ3n) is 3.19. The monoisotopic (exact) mass is 330 g/mol.